The molecule has 0 saturated carbocycles. The average Bonchev–Trinajstić information content (AvgIpc) is 2.03. The summed E-state index contributed by atoms with van der Waals surface area (Å²) in [6.07, 6.45) is -0.826. The Morgan fingerprint density at radius 1 is 1.50 bits per heavy atom. The summed E-state index contributed by atoms with van der Waals surface area (Å²) in [4.78, 5) is 10.2. The number of aliphatic carboxylic acids is 1. The van der Waals surface area contributed by atoms with Gasteiger partial charge in [0.25, 0.3) is 0 Å². The van der Waals surface area contributed by atoms with E-state index in [0.717, 1.165) is 0 Å². The third-order valence-corrected chi connectivity index (χ3v) is 1.18. The Kier molecular flexibility index (Phi) is 6.64. The molecule has 0 saturated heterocycles. The molecular formula is C7H14O5. The van der Waals surface area contributed by atoms with Crippen LogP contribution in [0.1, 0.15) is 6.92 Å². The van der Waals surface area contributed by atoms with Gasteiger partial charge in [0.2, 0.25) is 0 Å². The Morgan fingerprint density at radius 3 is 2.67 bits per heavy atom. The van der Waals surface area contributed by atoms with Crippen molar-refractivity contribution in [3.8, 4) is 0 Å². The summed E-state index contributed by atoms with van der Waals surface area (Å²) >= 11 is 0. The summed E-state index contributed by atoms with van der Waals surface area (Å²) < 4.78 is 14.4. The molecule has 0 heterocycles. The highest BCUT2D eigenvalue weighted by molar-refractivity contribution is 5.71. The van der Waals surface area contributed by atoms with Gasteiger partial charge >= 0.3 is 5.97 Å². The number of carboxylic acids is 1. The highest BCUT2D eigenvalue weighted by Gasteiger charge is 2.09. The number of hydrogen-bond acceptors (Lipinski definition) is 4. The van der Waals surface area contributed by atoms with E-state index >= 15 is 0 Å². The van der Waals surface area contributed by atoms with Gasteiger partial charge in [-0.05, 0) is 6.92 Å². The topological polar surface area (TPSA) is 65.0 Å². The van der Waals surface area contributed by atoms with Gasteiger partial charge in [-0.15, -0.1) is 0 Å². The maximum Gasteiger partial charge on any atom is 0.332 e. The predicted octanol–water partition coefficient (Wildman–Crippen LogP) is 0.0966. The fourth-order valence-corrected chi connectivity index (χ4v) is 0.423. The largest absolute Gasteiger partial charge is 0.479 e. The molecule has 0 aliphatic heterocycles. The minimum atomic E-state index is -0.995. The maximum atomic E-state index is 10.2. The smallest absolute Gasteiger partial charge is 0.332 e. The molecular weight excluding hydrogens is 164 g/mol. The van der Waals surface area contributed by atoms with Crippen LogP contribution in [0.5, 0.6) is 0 Å². The molecule has 0 fully saturated rings. The van der Waals surface area contributed by atoms with Crippen molar-refractivity contribution in [2.75, 3.05) is 27.1 Å². The number of hydrogen-bond donors (Lipinski definition) is 1. The molecule has 1 N–H and O–H groups in total. The van der Waals surface area contributed by atoms with Crippen molar-refractivity contribution in [1.29, 1.82) is 0 Å². The third kappa shape index (κ3) is 6.09. The van der Waals surface area contributed by atoms with E-state index in [4.69, 9.17) is 19.3 Å². The molecule has 0 amide bonds. The lowest BCUT2D eigenvalue weighted by Gasteiger charge is -2.08. The molecule has 0 bridgehead atoms. The van der Waals surface area contributed by atoms with Gasteiger partial charge in [0.1, 0.15) is 6.79 Å². The molecule has 12 heavy (non-hydrogen) atoms. The van der Waals surface area contributed by atoms with Crippen molar-refractivity contribution < 1.29 is 24.1 Å². The molecule has 0 aliphatic carbocycles. The Labute approximate surface area is 71.2 Å². The maximum absolute atomic E-state index is 10.2. The molecule has 1 atom stereocenters. The first-order valence-corrected chi connectivity index (χ1v) is 3.59. The van der Waals surface area contributed by atoms with Gasteiger partial charge in [-0.1, -0.05) is 0 Å². The van der Waals surface area contributed by atoms with Crippen LogP contribution in [0, 0.1) is 0 Å². The minimum absolute atomic E-state index is 0.0170. The van der Waals surface area contributed by atoms with E-state index in [1.165, 1.54) is 6.92 Å². The summed E-state index contributed by atoms with van der Waals surface area (Å²) in [5.41, 5.74) is 0. The fourth-order valence-electron chi connectivity index (χ4n) is 0.423. The fraction of sp³-hybridized carbons (Fsp3) is 0.857. The van der Waals surface area contributed by atoms with Gasteiger partial charge in [-0.2, -0.15) is 0 Å². The highest BCUT2D eigenvalue weighted by Crippen LogP contribution is 1.90. The van der Waals surface area contributed by atoms with Crippen molar-refractivity contribution >= 4 is 5.97 Å². The first kappa shape index (κ1) is 11.4. The van der Waals surface area contributed by atoms with Crippen LogP contribution in [0.4, 0.5) is 0 Å². The monoisotopic (exact) mass is 178 g/mol. The zero-order chi connectivity index (χ0) is 9.40. The molecule has 0 aromatic rings. The van der Waals surface area contributed by atoms with E-state index in [1.807, 2.05) is 0 Å². The quantitative estimate of drug-likeness (QED) is 0.442. The van der Waals surface area contributed by atoms with Crippen LogP contribution in [0.15, 0.2) is 0 Å². The van der Waals surface area contributed by atoms with Crippen LogP contribution in [-0.2, 0) is 19.0 Å². The van der Waals surface area contributed by atoms with Gasteiger partial charge in [0.15, 0.2) is 6.10 Å². The second kappa shape index (κ2) is 7.02. The van der Waals surface area contributed by atoms with E-state index in [-0.39, 0.29) is 6.79 Å². The minimum Gasteiger partial charge on any atom is -0.479 e. The lowest BCUT2D eigenvalue weighted by Crippen LogP contribution is -2.21. The summed E-state index contributed by atoms with van der Waals surface area (Å²) in [6.45, 7) is 2.31. The lowest BCUT2D eigenvalue weighted by molar-refractivity contribution is -0.159. The summed E-state index contributed by atoms with van der Waals surface area (Å²) in [5.74, 6) is -0.995. The van der Waals surface area contributed by atoms with Gasteiger partial charge < -0.3 is 19.3 Å². The van der Waals surface area contributed by atoms with E-state index < -0.39 is 12.1 Å². The molecule has 0 aliphatic rings. The van der Waals surface area contributed by atoms with Gasteiger partial charge in [0, 0.05) is 7.11 Å². The van der Waals surface area contributed by atoms with Crippen LogP contribution >= 0.6 is 0 Å². The molecule has 0 spiro atoms. The number of carbonyl (C=O) groups is 1. The lowest BCUT2D eigenvalue weighted by atomic mass is 10.4. The third-order valence-electron chi connectivity index (χ3n) is 1.18. The van der Waals surface area contributed by atoms with Crippen molar-refractivity contribution in [1.82, 2.24) is 0 Å². The molecule has 5 heteroatoms. The Hall–Kier alpha value is -0.650. The van der Waals surface area contributed by atoms with E-state index in [2.05, 4.69) is 0 Å². The summed E-state index contributed by atoms with van der Waals surface area (Å²) in [6, 6.07) is 0. The molecule has 0 rings (SSSR count). The number of methoxy groups -OCH3 is 1. The van der Waals surface area contributed by atoms with Gasteiger partial charge in [-0.25, -0.2) is 4.79 Å². The second-order valence-corrected chi connectivity index (χ2v) is 2.17. The average molecular weight is 178 g/mol. The van der Waals surface area contributed by atoms with Crippen molar-refractivity contribution in [3.63, 3.8) is 0 Å². The SMILES string of the molecule is COCCOCO[C@@H](C)C(=O)O. The zero-order valence-corrected chi connectivity index (χ0v) is 7.28. The molecule has 0 aromatic heterocycles. The first-order valence-electron chi connectivity index (χ1n) is 3.59. The second-order valence-electron chi connectivity index (χ2n) is 2.17. The van der Waals surface area contributed by atoms with Gasteiger partial charge in [0.05, 0.1) is 13.2 Å². The van der Waals surface area contributed by atoms with E-state index in [0.29, 0.717) is 13.2 Å². The Balaban J connectivity index is 3.14. The normalized spacial score (nSPS) is 12.8. The Morgan fingerprint density at radius 2 is 2.17 bits per heavy atom. The van der Waals surface area contributed by atoms with Crippen molar-refractivity contribution in [2.45, 2.75) is 13.0 Å². The number of carboxylic acid groups (broad SMARTS) is 1. The highest BCUT2D eigenvalue weighted by atomic mass is 16.7. The number of rotatable bonds is 7. The van der Waals surface area contributed by atoms with E-state index in [9.17, 15) is 4.79 Å². The molecule has 0 unspecified atom stereocenters. The van der Waals surface area contributed by atoms with Crippen LogP contribution in [0.3, 0.4) is 0 Å². The molecule has 5 nitrogen and oxygen atoms in total. The number of ether oxygens (including phenoxy) is 3. The standard InChI is InChI=1S/C7H14O5/c1-6(7(8)9)12-5-11-4-3-10-2/h6H,3-5H2,1-2H3,(H,8,9)/t6-/m0/s1. The van der Waals surface area contributed by atoms with Crippen LogP contribution < -0.4 is 0 Å². The molecule has 0 aromatic carbocycles. The van der Waals surface area contributed by atoms with Crippen molar-refractivity contribution in [2.24, 2.45) is 0 Å². The summed E-state index contributed by atoms with van der Waals surface area (Å²) in [7, 11) is 1.56. The van der Waals surface area contributed by atoms with E-state index in [1.54, 1.807) is 7.11 Å². The molecule has 0 radical (unpaired) electrons. The Bertz CT molecular complexity index is 125. The van der Waals surface area contributed by atoms with Crippen molar-refractivity contribution in [3.05, 3.63) is 0 Å². The molecule has 72 valence electrons. The summed E-state index contributed by atoms with van der Waals surface area (Å²) in [5, 5.41) is 8.38. The van der Waals surface area contributed by atoms with Crippen LogP contribution in [0.25, 0.3) is 0 Å². The van der Waals surface area contributed by atoms with Crippen LogP contribution in [-0.4, -0.2) is 44.3 Å². The first-order chi connectivity index (χ1) is 5.68. The van der Waals surface area contributed by atoms with Gasteiger partial charge in [-0.3, -0.25) is 0 Å². The zero-order valence-electron chi connectivity index (χ0n) is 7.28. The van der Waals surface area contributed by atoms with Crippen LogP contribution in [0.2, 0.25) is 0 Å². The predicted molar refractivity (Wildman–Crippen MR) is 40.9 cm³/mol.